The third kappa shape index (κ3) is 4.56. The van der Waals surface area contributed by atoms with Gasteiger partial charge in [-0.1, -0.05) is 41.9 Å². The van der Waals surface area contributed by atoms with Crippen LogP contribution in [0.1, 0.15) is 24.1 Å². The van der Waals surface area contributed by atoms with Crippen LogP contribution >= 0.6 is 11.6 Å². The highest BCUT2D eigenvalue weighted by Gasteiger charge is 2.15. The maximum Gasteiger partial charge on any atom is 0.262 e. The number of methoxy groups -OCH3 is 2. The van der Waals surface area contributed by atoms with E-state index in [2.05, 4.69) is 5.32 Å². The molecule has 134 valence electrons. The number of nitrogens with zero attached hydrogens (tertiary/aromatic N) is 1. The van der Waals surface area contributed by atoms with E-state index in [1.807, 2.05) is 43.3 Å². The normalized spacial score (nSPS) is 12.0. The van der Waals surface area contributed by atoms with Crippen LogP contribution in [0.4, 0.5) is 0 Å². The number of nitrogens with one attached hydrogen (secondary N) is 1. The molecule has 0 radical (unpaired) electrons. The topological polar surface area (TPSA) is 71.3 Å². The van der Waals surface area contributed by atoms with Crippen LogP contribution < -0.4 is 14.8 Å². The molecule has 2 rings (SSSR count). The second kappa shape index (κ2) is 8.93. The van der Waals surface area contributed by atoms with Gasteiger partial charge in [0.15, 0.2) is 11.5 Å². The van der Waals surface area contributed by atoms with Crippen LogP contribution in [-0.4, -0.2) is 20.1 Å². The first-order chi connectivity index (χ1) is 12.5. The number of amides is 1. The maximum atomic E-state index is 12.5. The molecule has 6 heteroatoms. The lowest BCUT2D eigenvalue weighted by atomic mass is 10.1. The zero-order chi connectivity index (χ0) is 19.1. The van der Waals surface area contributed by atoms with Gasteiger partial charge < -0.3 is 14.8 Å². The van der Waals surface area contributed by atoms with Gasteiger partial charge in [-0.25, -0.2) is 0 Å². The first-order valence-electron chi connectivity index (χ1n) is 7.89. The second-order valence-electron chi connectivity index (χ2n) is 5.50. The van der Waals surface area contributed by atoms with Crippen molar-refractivity contribution in [1.29, 1.82) is 5.26 Å². The fraction of sp³-hybridized carbons (Fsp3) is 0.200. The van der Waals surface area contributed by atoms with Crippen LogP contribution in [0.25, 0.3) is 6.08 Å². The fourth-order valence-electron chi connectivity index (χ4n) is 2.38. The predicted octanol–water partition coefficient (Wildman–Crippen LogP) is 4.14. The lowest BCUT2D eigenvalue weighted by Gasteiger charge is -2.14. The molecular formula is C20H19ClN2O3. The summed E-state index contributed by atoms with van der Waals surface area (Å²) < 4.78 is 10.4. The van der Waals surface area contributed by atoms with Gasteiger partial charge in [0, 0.05) is 6.07 Å². The molecule has 0 aliphatic carbocycles. The highest BCUT2D eigenvalue weighted by Crippen LogP contribution is 2.34. The van der Waals surface area contributed by atoms with Gasteiger partial charge in [0.1, 0.15) is 11.6 Å². The van der Waals surface area contributed by atoms with Crippen molar-refractivity contribution in [2.75, 3.05) is 14.2 Å². The maximum absolute atomic E-state index is 12.5. The van der Waals surface area contributed by atoms with Crippen molar-refractivity contribution < 1.29 is 14.3 Å². The Morgan fingerprint density at radius 3 is 2.38 bits per heavy atom. The second-order valence-corrected chi connectivity index (χ2v) is 5.91. The van der Waals surface area contributed by atoms with Crippen molar-refractivity contribution in [3.05, 3.63) is 64.2 Å². The lowest BCUT2D eigenvalue weighted by molar-refractivity contribution is -0.117. The van der Waals surface area contributed by atoms with E-state index in [4.69, 9.17) is 21.1 Å². The molecule has 0 aliphatic rings. The molecule has 0 saturated carbocycles. The molecule has 1 N–H and O–H groups in total. The zero-order valence-corrected chi connectivity index (χ0v) is 15.5. The van der Waals surface area contributed by atoms with Gasteiger partial charge in [0.05, 0.1) is 25.3 Å². The minimum Gasteiger partial charge on any atom is -0.493 e. The van der Waals surface area contributed by atoms with Crippen LogP contribution in [-0.2, 0) is 4.79 Å². The molecule has 0 aromatic heterocycles. The zero-order valence-electron chi connectivity index (χ0n) is 14.7. The van der Waals surface area contributed by atoms with Gasteiger partial charge >= 0.3 is 0 Å². The van der Waals surface area contributed by atoms with Gasteiger partial charge in [-0.2, -0.15) is 5.26 Å². The molecule has 1 amide bonds. The molecule has 1 atom stereocenters. The van der Waals surface area contributed by atoms with Crippen molar-refractivity contribution in [2.45, 2.75) is 13.0 Å². The van der Waals surface area contributed by atoms with Crippen molar-refractivity contribution >= 4 is 23.6 Å². The molecular weight excluding hydrogens is 352 g/mol. The molecule has 0 heterocycles. The third-order valence-electron chi connectivity index (χ3n) is 3.81. The fourth-order valence-corrected chi connectivity index (χ4v) is 2.59. The number of ether oxygens (including phenoxy) is 2. The quantitative estimate of drug-likeness (QED) is 0.612. The molecule has 0 fully saturated rings. The Balaban J connectivity index is 2.27. The number of hydrogen-bond acceptors (Lipinski definition) is 4. The number of nitriles is 1. The van der Waals surface area contributed by atoms with Crippen LogP contribution in [0.3, 0.4) is 0 Å². The van der Waals surface area contributed by atoms with E-state index in [0.717, 1.165) is 5.56 Å². The summed E-state index contributed by atoms with van der Waals surface area (Å²) in [5.74, 6) is 0.448. The van der Waals surface area contributed by atoms with Gasteiger partial charge in [0.25, 0.3) is 5.91 Å². The Morgan fingerprint density at radius 1 is 1.19 bits per heavy atom. The Bertz CT molecular complexity index is 857. The van der Waals surface area contributed by atoms with Gasteiger partial charge in [-0.05, 0) is 30.2 Å². The smallest absolute Gasteiger partial charge is 0.262 e. The summed E-state index contributed by atoms with van der Waals surface area (Å²) in [5.41, 5.74) is 1.38. The molecule has 5 nitrogen and oxygen atoms in total. The molecule has 2 aromatic carbocycles. The minimum atomic E-state index is -0.477. The van der Waals surface area contributed by atoms with Crippen molar-refractivity contribution in [1.82, 2.24) is 5.32 Å². The molecule has 0 bridgehead atoms. The molecule has 26 heavy (non-hydrogen) atoms. The Kier molecular flexibility index (Phi) is 6.65. The standard InChI is InChI=1S/C20H19ClN2O3/c1-13(14-7-5-4-6-8-14)23-20(24)16(12-22)9-15-10-18(25-2)19(26-3)11-17(15)21/h4-11,13H,1-3H3,(H,23,24)/b16-9+/t13-/m1/s1. The van der Waals surface area contributed by atoms with Crippen LogP contribution in [0, 0.1) is 11.3 Å². The van der Waals surface area contributed by atoms with E-state index in [1.54, 1.807) is 12.1 Å². The largest absolute Gasteiger partial charge is 0.493 e. The number of rotatable bonds is 6. The number of carbonyl (C=O) groups excluding carboxylic acids is 1. The predicted molar refractivity (Wildman–Crippen MR) is 101 cm³/mol. The summed E-state index contributed by atoms with van der Waals surface area (Å²) in [6.07, 6.45) is 1.43. The first-order valence-corrected chi connectivity index (χ1v) is 8.27. The molecule has 2 aromatic rings. The summed E-state index contributed by atoms with van der Waals surface area (Å²) in [7, 11) is 3.00. The molecule has 0 spiro atoms. The van der Waals surface area contributed by atoms with Crippen molar-refractivity contribution in [2.24, 2.45) is 0 Å². The Hall–Kier alpha value is -2.97. The summed E-state index contributed by atoms with van der Waals surface area (Å²) in [4.78, 5) is 12.5. The van der Waals surface area contributed by atoms with E-state index in [0.29, 0.717) is 22.1 Å². The van der Waals surface area contributed by atoms with E-state index < -0.39 is 5.91 Å². The van der Waals surface area contributed by atoms with E-state index in [1.165, 1.54) is 20.3 Å². The van der Waals surface area contributed by atoms with Crippen molar-refractivity contribution in [3.8, 4) is 17.6 Å². The molecule has 0 aliphatic heterocycles. The molecule has 0 unspecified atom stereocenters. The summed E-state index contributed by atoms with van der Waals surface area (Å²) >= 11 is 6.22. The minimum absolute atomic E-state index is 0.0538. The van der Waals surface area contributed by atoms with E-state index in [-0.39, 0.29) is 11.6 Å². The average molecular weight is 371 g/mol. The highest BCUT2D eigenvalue weighted by atomic mass is 35.5. The molecule has 0 saturated heterocycles. The first kappa shape index (κ1) is 19.4. The Morgan fingerprint density at radius 2 is 1.81 bits per heavy atom. The van der Waals surface area contributed by atoms with Gasteiger partial charge in [-0.15, -0.1) is 0 Å². The third-order valence-corrected chi connectivity index (χ3v) is 4.14. The number of benzene rings is 2. The number of carbonyl (C=O) groups is 1. The van der Waals surface area contributed by atoms with Gasteiger partial charge in [-0.3, -0.25) is 4.79 Å². The monoisotopic (exact) mass is 370 g/mol. The van der Waals surface area contributed by atoms with E-state index >= 15 is 0 Å². The van der Waals surface area contributed by atoms with Crippen LogP contribution in [0.5, 0.6) is 11.5 Å². The Labute approximate surface area is 157 Å². The summed E-state index contributed by atoms with van der Waals surface area (Å²) in [6.45, 7) is 1.85. The number of halogens is 1. The van der Waals surface area contributed by atoms with Crippen molar-refractivity contribution in [3.63, 3.8) is 0 Å². The lowest BCUT2D eigenvalue weighted by Crippen LogP contribution is -2.27. The van der Waals surface area contributed by atoms with Gasteiger partial charge in [0.2, 0.25) is 0 Å². The van der Waals surface area contributed by atoms with Crippen LogP contribution in [0.2, 0.25) is 5.02 Å². The van der Waals surface area contributed by atoms with Crippen LogP contribution in [0.15, 0.2) is 48.0 Å². The SMILES string of the molecule is COc1cc(Cl)c(/C=C(\C#N)C(=O)N[C@H](C)c2ccccc2)cc1OC. The van der Waals surface area contributed by atoms with E-state index in [9.17, 15) is 10.1 Å². The highest BCUT2D eigenvalue weighted by molar-refractivity contribution is 6.32. The summed E-state index contributed by atoms with van der Waals surface area (Å²) in [6, 6.07) is 14.4. The summed E-state index contributed by atoms with van der Waals surface area (Å²) in [5, 5.41) is 12.5. The number of hydrogen-bond donors (Lipinski definition) is 1. The average Bonchev–Trinajstić information content (AvgIpc) is 2.67.